The molecule has 0 spiro atoms. The Morgan fingerprint density at radius 3 is 2.07 bits per heavy atom. The van der Waals surface area contributed by atoms with Crippen LogP contribution in [0.3, 0.4) is 0 Å². The standard InChI is InChI=1S/C33H42FN3O4S/c1-7-24(2)35-32(39)30(21-25-13-9-8-10-14-25)36(22-26-15-11-12-16-29(26)34)31(38)23-37(42(6,40)41)28-19-17-27(18-20-28)33(3,4)5/h8-20,24,30H,7,21-23H2,1-6H3,(H,35,39)/t24-,30-/m1/s1. The first-order valence-electron chi connectivity index (χ1n) is 14.2. The summed E-state index contributed by atoms with van der Waals surface area (Å²) in [6.07, 6.45) is 1.89. The summed E-state index contributed by atoms with van der Waals surface area (Å²) >= 11 is 0. The number of amides is 2. The molecule has 3 rings (SSSR count). The Kier molecular flexibility index (Phi) is 10.9. The van der Waals surface area contributed by atoms with Gasteiger partial charge < -0.3 is 10.2 Å². The molecule has 7 nitrogen and oxygen atoms in total. The van der Waals surface area contributed by atoms with Gasteiger partial charge in [0.1, 0.15) is 18.4 Å². The topological polar surface area (TPSA) is 86.8 Å². The van der Waals surface area contributed by atoms with Crippen molar-refractivity contribution in [3.63, 3.8) is 0 Å². The minimum absolute atomic E-state index is 0.144. The lowest BCUT2D eigenvalue weighted by Gasteiger charge is -2.34. The summed E-state index contributed by atoms with van der Waals surface area (Å²) in [5, 5.41) is 2.96. The van der Waals surface area contributed by atoms with Gasteiger partial charge in [-0.05, 0) is 48.1 Å². The highest BCUT2D eigenvalue weighted by Crippen LogP contribution is 2.26. The third-order valence-corrected chi connectivity index (χ3v) is 8.41. The molecule has 226 valence electrons. The van der Waals surface area contributed by atoms with Crippen molar-refractivity contribution in [2.75, 3.05) is 17.1 Å². The van der Waals surface area contributed by atoms with E-state index in [1.165, 1.54) is 11.0 Å². The number of sulfonamides is 1. The second kappa shape index (κ2) is 14.0. The third-order valence-electron chi connectivity index (χ3n) is 7.27. The van der Waals surface area contributed by atoms with Gasteiger partial charge in [-0.3, -0.25) is 13.9 Å². The van der Waals surface area contributed by atoms with E-state index in [4.69, 9.17) is 0 Å². The molecular weight excluding hydrogens is 553 g/mol. The second-order valence-corrected chi connectivity index (χ2v) is 13.6. The first kappa shape index (κ1) is 32.8. The van der Waals surface area contributed by atoms with Crippen LogP contribution in [0.5, 0.6) is 0 Å². The lowest BCUT2D eigenvalue weighted by Crippen LogP contribution is -2.54. The molecule has 2 atom stereocenters. The zero-order valence-electron chi connectivity index (χ0n) is 25.3. The van der Waals surface area contributed by atoms with Crippen LogP contribution in [0.15, 0.2) is 78.9 Å². The molecule has 0 saturated heterocycles. The van der Waals surface area contributed by atoms with E-state index in [0.29, 0.717) is 12.1 Å². The van der Waals surface area contributed by atoms with Crippen LogP contribution in [0, 0.1) is 5.82 Å². The zero-order chi connectivity index (χ0) is 31.1. The summed E-state index contributed by atoms with van der Waals surface area (Å²) in [5.41, 5.74) is 2.23. The maximum absolute atomic E-state index is 14.9. The normalized spacial score (nSPS) is 13.2. The van der Waals surface area contributed by atoms with E-state index in [1.807, 2.05) is 56.3 Å². The number of halogens is 1. The highest BCUT2D eigenvalue weighted by Gasteiger charge is 2.34. The summed E-state index contributed by atoms with van der Waals surface area (Å²) in [7, 11) is -3.89. The van der Waals surface area contributed by atoms with Crippen LogP contribution in [-0.2, 0) is 38.0 Å². The van der Waals surface area contributed by atoms with Gasteiger partial charge in [0.2, 0.25) is 21.8 Å². The summed E-state index contributed by atoms with van der Waals surface area (Å²) in [6.45, 7) is 9.20. The van der Waals surface area contributed by atoms with E-state index in [1.54, 1.807) is 30.3 Å². The Labute approximate surface area is 249 Å². The molecule has 42 heavy (non-hydrogen) atoms. The number of benzene rings is 3. The number of carbonyl (C=O) groups excluding carboxylic acids is 2. The highest BCUT2D eigenvalue weighted by molar-refractivity contribution is 7.92. The number of hydrogen-bond donors (Lipinski definition) is 1. The average molecular weight is 596 g/mol. The van der Waals surface area contributed by atoms with Crippen molar-refractivity contribution in [1.29, 1.82) is 0 Å². The molecule has 0 aliphatic heterocycles. The number of hydrogen-bond acceptors (Lipinski definition) is 4. The van der Waals surface area contributed by atoms with Crippen molar-refractivity contribution in [2.45, 2.75) is 71.5 Å². The molecule has 1 N–H and O–H groups in total. The van der Waals surface area contributed by atoms with Gasteiger partial charge >= 0.3 is 0 Å². The molecular formula is C33H42FN3O4S. The Morgan fingerprint density at radius 2 is 1.52 bits per heavy atom. The molecule has 2 amide bonds. The number of nitrogens with zero attached hydrogens (tertiary/aromatic N) is 2. The van der Waals surface area contributed by atoms with Crippen LogP contribution in [0.2, 0.25) is 0 Å². The zero-order valence-corrected chi connectivity index (χ0v) is 26.1. The van der Waals surface area contributed by atoms with Crippen LogP contribution in [0.4, 0.5) is 10.1 Å². The van der Waals surface area contributed by atoms with Crippen molar-refractivity contribution in [2.24, 2.45) is 0 Å². The van der Waals surface area contributed by atoms with E-state index in [0.717, 1.165) is 21.7 Å². The van der Waals surface area contributed by atoms with Crippen molar-refractivity contribution in [1.82, 2.24) is 10.2 Å². The van der Waals surface area contributed by atoms with Gasteiger partial charge in [0.15, 0.2) is 0 Å². The van der Waals surface area contributed by atoms with Crippen molar-refractivity contribution in [3.05, 3.63) is 101 Å². The van der Waals surface area contributed by atoms with Gasteiger partial charge in [0.05, 0.1) is 11.9 Å². The molecule has 0 unspecified atom stereocenters. The second-order valence-electron chi connectivity index (χ2n) is 11.7. The van der Waals surface area contributed by atoms with E-state index >= 15 is 0 Å². The van der Waals surface area contributed by atoms with Crippen LogP contribution in [-0.4, -0.2) is 50.0 Å². The molecule has 9 heteroatoms. The maximum Gasteiger partial charge on any atom is 0.244 e. The fraction of sp³-hybridized carbons (Fsp3) is 0.394. The fourth-order valence-corrected chi connectivity index (χ4v) is 5.40. The number of anilines is 1. The van der Waals surface area contributed by atoms with Gasteiger partial charge in [-0.15, -0.1) is 0 Å². The van der Waals surface area contributed by atoms with Gasteiger partial charge in [-0.2, -0.15) is 0 Å². The number of carbonyl (C=O) groups is 2. The molecule has 3 aromatic carbocycles. The summed E-state index contributed by atoms with van der Waals surface area (Å²) in [4.78, 5) is 29.1. The minimum Gasteiger partial charge on any atom is -0.352 e. The Morgan fingerprint density at radius 1 is 0.929 bits per heavy atom. The van der Waals surface area contributed by atoms with Gasteiger partial charge in [-0.25, -0.2) is 12.8 Å². The SMILES string of the molecule is CC[C@@H](C)NC(=O)[C@@H](Cc1ccccc1)N(Cc1ccccc1F)C(=O)CN(c1ccc(C(C)(C)C)cc1)S(C)(=O)=O. The van der Waals surface area contributed by atoms with Crippen molar-refractivity contribution in [3.8, 4) is 0 Å². The highest BCUT2D eigenvalue weighted by atomic mass is 32.2. The molecule has 0 heterocycles. The minimum atomic E-state index is -3.89. The maximum atomic E-state index is 14.9. The van der Waals surface area contributed by atoms with Gasteiger partial charge in [0.25, 0.3) is 0 Å². The molecule has 0 fully saturated rings. The molecule has 0 aliphatic carbocycles. The van der Waals surface area contributed by atoms with E-state index in [9.17, 15) is 22.4 Å². The van der Waals surface area contributed by atoms with E-state index in [-0.39, 0.29) is 30.0 Å². The van der Waals surface area contributed by atoms with E-state index in [2.05, 4.69) is 26.1 Å². The van der Waals surface area contributed by atoms with Crippen LogP contribution in [0.25, 0.3) is 0 Å². The summed E-state index contributed by atoms with van der Waals surface area (Å²) in [6, 6.07) is 21.2. The summed E-state index contributed by atoms with van der Waals surface area (Å²) < 4.78 is 41.9. The summed E-state index contributed by atoms with van der Waals surface area (Å²) in [5.74, 6) is -1.53. The molecule has 0 bridgehead atoms. The van der Waals surface area contributed by atoms with Gasteiger partial charge in [0, 0.05) is 24.6 Å². The first-order valence-corrected chi connectivity index (χ1v) is 16.0. The van der Waals surface area contributed by atoms with E-state index < -0.39 is 40.2 Å². The number of rotatable bonds is 12. The van der Waals surface area contributed by atoms with Crippen LogP contribution < -0.4 is 9.62 Å². The predicted octanol–water partition coefficient (Wildman–Crippen LogP) is 5.44. The molecule has 0 saturated carbocycles. The Bertz CT molecular complexity index is 1450. The van der Waals surface area contributed by atoms with Crippen LogP contribution >= 0.6 is 0 Å². The van der Waals surface area contributed by atoms with Crippen molar-refractivity contribution >= 4 is 27.5 Å². The molecule has 0 aromatic heterocycles. The monoisotopic (exact) mass is 595 g/mol. The predicted molar refractivity (Wildman–Crippen MR) is 166 cm³/mol. The smallest absolute Gasteiger partial charge is 0.244 e. The lowest BCUT2D eigenvalue weighted by atomic mass is 9.87. The quantitative estimate of drug-likeness (QED) is 0.302. The number of nitrogens with one attached hydrogen (secondary N) is 1. The Balaban J connectivity index is 2.07. The largest absolute Gasteiger partial charge is 0.352 e. The average Bonchev–Trinajstić information content (AvgIpc) is 2.93. The fourth-order valence-electron chi connectivity index (χ4n) is 4.55. The van der Waals surface area contributed by atoms with Crippen molar-refractivity contribution < 1.29 is 22.4 Å². The van der Waals surface area contributed by atoms with Crippen LogP contribution in [0.1, 0.15) is 57.7 Å². The molecule has 3 aromatic rings. The molecule has 0 radical (unpaired) electrons. The molecule has 0 aliphatic rings. The third kappa shape index (κ3) is 8.89. The lowest BCUT2D eigenvalue weighted by molar-refractivity contribution is -0.140. The van der Waals surface area contributed by atoms with Gasteiger partial charge in [-0.1, -0.05) is 88.4 Å². The first-order chi connectivity index (χ1) is 19.7. The Hall–Kier alpha value is -3.72.